The summed E-state index contributed by atoms with van der Waals surface area (Å²) < 4.78 is 3.54. The van der Waals surface area contributed by atoms with Gasteiger partial charge in [0.15, 0.2) is 0 Å². The summed E-state index contributed by atoms with van der Waals surface area (Å²) in [4.78, 5) is 0. The highest BCUT2D eigenvalue weighted by Gasteiger charge is 2.11. The van der Waals surface area contributed by atoms with Crippen LogP contribution >= 0.6 is 0 Å². The van der Waals surface area contributed by atoms with Crippen LogP contribution in [0.1, 0.15) is 24.2 Å². The SMILES string of the molecule is CCn1cc(CC(O)c2cnn(C)c2)cn1. The molecule has 0 aliphatic heterocycles. The van der Waals surface area contributed by atoms with Gasteiger partial charge < -0.3 is 5.11 Å². The number of hydrogen-bond donors (Lipinski definition) is 1. The molecule has 1 unspecified atom stereocenters. The highest BCUT2D eigenvalue weighted by molar-refractivity contribution is 5.14. The normalized spacial score (nSPS) is 12.9. The second-order valence-electron chi connectivity index (χ2n) is 3.87. The van der Waals surface area contributed by atoms with Gasteiger partial charge in [-0.2, -0.15) is 10.2 Å². The Labute approximate surface area is 94.3 Å². The van der Waals surface area contributed by atoms with Gasteiger partial charge >= 0.3 is 0 Å². The monoisotopic (exact) mass is 220 g/mol. The molecule has 1 atom stereocenters. The Kier molecular flexibility index (Phi) is 3.05. The van der Waals surface area contributed by atoms with Gasteiger partial charge in [0.1, 0.15) is 0 Å². The Hall–Kier alpha value is -1.62. The van der Waals surface area contributed by atoms with Crippen LogP contribution in [0.15, 0.2) is 24.8 Å². The van der Waals surface area contributed by atoms with E-state index in [1.807, 2.05) is 31.0 Å². The lowest BCUT2D eigenvalue weighted by Crippen LogP contribution is -2.00. The van der Waals surface area contributed by atoms with E-state index in [4.69, 9.17) is 0 Å². The Morgan fingerprint density at radius 1 is 1.31 bits per heavy atom. The van der Waals surface area contributed by atoms with Gasteiger partial charge in [0, 0.05) is 38.0 Å². The number of aryl methyl sites for hydroxylation is 2. The Morgan fingerprint density at radius 3 is 2.69 bits per heavy atom. The van der Waals surface area contributed by atoms with Crippen LogP contribution in [0.3, 0.4) is 0 Å². The van der Waals surface area contributed by atoms with Crippen molar-refractivity contribution in [3.05, 3.63) is 35.9 Å². The van der Waals surface area contributed by atoms with E-state index in [0.29, 0.717) is 6.42 Å². The maximum atomic E-state index is 9.98. The first-order chi connectivity index (χ1) is 7.69. The van der Waals surface area contributed by atoms with Crippen molar-refractivity contribution < 1.29 is 5.11 Å². The number of aliphatic hydroxyl groups excluding tert-OH is 1. The molecule has 5 nitrogen and oxygen atoms in total. The molecule has 2 aromatic heterocycles. The van der Waals surface area contributed by atoms with E-state index in [2.05, 4.69) is 10.2 Å². The minimum absolute atomic E-state index is 0.511. The lowest BCUT2D eigenvalue weighted by Gasteiger charge is -2.05. The summed E-state index contributed by atoms with van der Waals surface area (Å²) in [5, 5.41) is 18.2. The van der Waals surface area contributed by atoms with E-state index in [0.717, 1.165) is 17.7 Å². The van der Waals surface area contributed by atoms with E-state index in [1.165, 1.54) is 0 Å². The third-order valence-corrected chi connectivity index (χ3v) is 2.55. The maximum absolute atomic E-state index is 9.98. The molecule has 0 saturated heterocycles. The predicted octanol–water partition coefficient (Wildman–Crippen LogP) is 0.913. The molecule has 2 aromatic rings. The van der Waals surface area contributed by atoms with Crippen molar-refractivity contribution in [2.45, 2.75) is 26.0 Å². The van der Waals surface area contributed by atoms with Gasteiger partial charge in [0.25, 0.3) is 0 Å². The first-order valence-electron chi connectivity index (χ1n) is 5.37. The van der Waals surface area contributed by atoms with Crippen molar-refractivity contribution in [2.24, 2.45) is 7.05 Å². The molecule has 0 aromatic carbocycles. The van der Waals surface area contributed by atoms with Crippen LogP contribution in [0.25, 0.3) is 0 Å². The van der Waals surface area contributed by atoms with Crippen LogP contribution in [0.2, 0.25) is 0 Å². The van der Waals surface area contributed by atoms with Crippen LogP contribution in [0.4, 0.5) is 0 Å². The summed E-state index contributed by atoms with van der Waals surface area (Å²) >= 11 is 0. The molecule has 0 aliphatic rings. The smallest absolute Gasteiger partial charge is 0.0861 e. The number of rotatable bonds is 4. The second kappa shape index (κ2) is 4.49. The number of aliphatic hydroxyl groups is 1. The van der Waals surface area contributed by atoms with Gasteiger partial charge in [-0.15, -0.1) is 0 Å². The van der Waals surface area contributed by atoms with Gasteiger partial charge in [0.05, 0.1) is 18.5 Å². The number of nitrogens with zero attached hydrogens (tertiary/aromatic N) is 4. The zero-order valence-electron chi connectivity index (χ0n) is 9.54. The summed E-state index contributed by atoms with van der Waals surface area (Å²) in [5.41, 5.74) is 1.88. The van der Waals surface area contributed by atoms with Gasteiger partial charge in [-0.25, -0.2) is 0 Å². The minimum atomic E-state index is -0.511. The highest BCUT2D eigenvalue weighted by atomic mass is 16.3. The summed E-state index contributed by atoms with van der Waals surface area (Å²) in [6.07, 6.45) is 7.33. The molecule has 0 fully saturated rings. The van der Waals surface area contributed by atoms with Crippen molar-refractivity contribution in [3.8, 4) is 0 Å². The van der Waals surface area contributed by atoms with Gasteiger partial charge in [-0.1, -0.05) is 0 Å². The molecule has 0 aliphatic carbocycles. The molecule has 0 bridgehead atoms. The lowest BCUT2D eigenvalue weighted by atomic mass is 10.1. The standard InChI is InChI=1S/C11H16N4O/c1-3-15-7-9(5-13-15)4-11(16)10-6-12-14(2)8-10/h5-8,11,16H,3-4H2,1-2H3. The van der Waals surface area contributed by atoms with E-state index in [-0.39, 0.29) is 0 Å². The fraction of sp³-hybridized carbons (Fsp3) is 0.455. The maximum Gasteiger partial charge on any atom is 0.0861 e. The fourth-order valence-corrected chi connectivity index (χ4v) is 1.64. The Morgan fingerprint density at radius 2 is 2.12 bits per heavy atom. The average molecular weight is 220 g/mol. The first-order valence-corrected chi connectivity index (χ1v) is 5.37. The van der Waals surface area contributed by atoms with Crippen molar-refractivity contribution in [1.82, 2.24) is 19.6 Å². The summed E-state index contributed by atoms with van der Waals surface area (Å²) in [5.74, 6) is 0. The molecule has 2 rings (SSSR count). The molecular formula is C11H16N4O. The first kappa shape index (κ1) is 10.9. The quantitative estimate of drug-likeness (QED) is 0.833. The topological polar surface area (TPSA) is 55.9 Å². The zero-order valence-corrected chi connectivity index (χ0v) is 9.54. The number of hydrogen-bond acceptors (Lipinski definition) is 3. The summed E-state index contributed by atoms with van der Waals surface area (Å²) in [6, 6.07) is 0. The molecule has 0 amide bonds. The van der Waals surface area contributed by atoms with E-state index in [1.54, 1.807) is 17.1 Å². The molecular weight excluding hydrogens is 204 g/mol. The molecule has 1 N–H and O–H groups in total. The Balaban J connectivity index is 2.04. The van der Waals surface area contributed by atoms with Gasteiger partial charge in [0.2, 0.25) is 0 Å². The third-order valence-electron chi connectivity index (χ3n) is 2.55. The molecule has 0 spiro atoms. The zero-order chi connectivity index (χ0) is 11.5. The largest absolute Gasteiger partial charge is 0.388 e. The van der Waals surface area contributed by atoms with E-state index in [9.17, 15) is 5.11 Å². The van der Waals surface area contributed by atoms with Gasteiger partial charge in [-0.3, -0.25) is 9.36 Å². The van der Waals surface area contributed by atoms with Crippen LogP contribution in [-0.4, -0.2) is 24.7 Å². The fourth-order valence-electron chi connectivity index (χ4n) is 1.64. The molecule has 86 valence electrons. The molecule has 0 saturated carbocycles. The third kappa shape index (κ3) is 2.30. The molecule has 16 heavy (non-hydrogen) atoms. The van der Waals surface area contributed by atoms with Crippen molar-refractivity contribution in [3.63, 3.8) is 0 Å². The molecule has 5 heteroatoms. The minimum Gasteiger partial charge on any atom is -0.388 e. The van der Waals surface area contributed by atoms with E-state index < -0.39 is 6.10 Å². The number of aromatic nitrogens is 4. The van der Waals surface area contributed by atoms with Crippen LogP contribution < -0.4 is 0 Å². The molecule has 2 heterocycles. The van der Waals surface area contributed by atoms with Crippen LogP contribution in [0.5, 0.6) is 0 Å². The van der Waals surface area contributed by atoms with Crippen molar-refractivity contribution in [2.75, 3.05) is 0 Å². The lowest BCUT2D eigenvalue weighted by molar-refractivity contribution is 0.178. The van der Waals surface area contributed by atoms with Crippen LogP contribution in [0, 0.1) is 0 Å². The van der Waals surface area contributed by atoms with E-state index >= 15 is 0 Å². The Bertz CT molecular complexity index is 460. The molecule has 0 radical (unpaired) electrons. The van der Waals surface area contributed by atoms with Crippen molar-refractivity contribution >= 4 is 0 Å². The van der Waals surface area contributed by atoms with Crippen LogP contribution in [-0.2, 0) is 20.0 Å². The van der Waals surface area contributed by atoms with Gasteiger partial charge in [-0.05, 0) is 12.5 Å². The average Bonchev–Trinajstić information content (AvgIpc) is 2.87. The highest BCUT2D eigenvalue weighted by Crippen LogP contribution is 2.16. The summed E-state index contributed by atoms with van der Waals surface area (Å²) in [7, 11) is 1.84. The second-order valence-corrected chi connectivity index (χ2v) is 3.87. The van der Waals surface area contributed by atoms with Crippen molar-refractivity contribution in [1.29, 1.82) is 0 Å². The summed E-state index contributed by atoms with van der Waals surface area (Å²) in [6.45, 7) is 2.89. The predicted molar refractivity (Wildman–Crippen MR) is 59.8 cm³/mol.